The number of pyridine rings is 1. The molecule has 2 saturated heterocycles. The van der Waals surface area contributed by atoms with E-state index in [2.05, 4.69) is 34.1 Å². The van der Waals surface area contributed by atoms with E-state index >= 15 is 0 Å². The first-order chi connectivity index (χ1) is 13.8. The number of ether oxygens (including phenoxy) is 1. The van der Waals surface area contributed by atoms with Crippen LogP contribution in [0.2, 0.25) is 0 Å². The summed E-state index contributed by atoms with van der Waals surface area (Å²) >= 11 is 0. The van der Waals surface area contributed by atoms with Crippen LogP contribution >= 0.6 is 0 Å². The zero-order chi connectivity index (χ0) is 18.9. The largest absolute Gasteiger partial charge is 0.490 e. The third-order valence-electron chi connectivity index (χ3n) is 6.15. The number of carbonyl (C=O) groups excluding carboxylic acids is 1. The maximum Gasteiger partial charge on any atom is 0.227 e. The highest BCUT2D eigenvalue weighted by molar-refractivity contribution is 5.90. The van der Waals surface area contributed by atoms with Gasteiger partial charge in [0.1, 0.15) is 11.9 Å². The van der Waals surface area contributed by atoms with Gasteiger partial charge in [-0.15, -0.1) is 0 Å². The van der Waals surface area contributed by atoms with Crippen LogP contribution in [-0.4, -0.2) is 34.0 Å². The maximum atomic E-state index is 13.2. The van der Waals surface area contributed by atoms with Gasteiger partial charge in [0, 0.05) is 37.3 Å². The molecule has 2 aliphatic rings. The van der Waals surface area contributed by atoms with Gasteiger partial charge in [-0.05, 0) is 41.3 Å². The van der Waals surface area contributed by atoms with Crippen LogP contribution in [0.15, 0.2) is 67.0 Å². The molecule has 0 spiro atoms. The predicted molar refractivity (Wildman–Crippen MR) is 109 cm³/mol. The first-order valence-electron chi connectivity index (χ1n) is 10.1. The van der Waals surface area contributed by atoms with Gasteiger partial charge in [-0.2, -0.15) is 0 Å². The minimum absolute atomic E-state index is 0.182. The normalized spacial score (nSPS) is 23.7. The van der Waals surface area contributed by atoms with Gasteiger partial charge >= 0.3 is 0 Å². The van der Waals surface area contributed by atoms with Crippen molar-refractivity contribution >= 4 is 16.7 Å². The number of nitrogens with zero attached hydrogens (tertiary/aromatic N) is 2. The van der Waals surface area contributed by atoms with E-state index < -0.39 is 0 Å². The van der Waals surface area contributed by atoms with E-state index in [9.17, 15) is 4.79 Å². The molecule has 2 fully saturated rings. The molecule has 1 aromatic heterocycles. The molecule has 2 aliphatic heterocycles. The Balaban J connectivity index is 1.30. The molecule has 1 amide bonds. The Bertz CT molecular complexity index is 969. The van der Waals surface area contributed by atoms with E-state index in [1.165, 1.54) is 10.8 Å². The van der Waals surface area contributed by atoms with Crippen molar-refractivity contribution in [2.24, 2.45) is 0 Å². The fraction of sp³-hybridized carbons (Fsp3) is 0.333. The summed E-state index contributed by atoms with van der Waals surface area (Å²) in [5, 5.41) is 2.38. The molecule has 2 unspecified atom stereocenters. The molecule has 5 rings (SSSR count). The third kappa shape index (κ3) is 3.24. The van der Waals surface area contributed by atoms with Crippen molar-refractivity contribution in [1.29, 1.82) is 0 Å². The van der Waals surface area contributed by atoms with Gasteiger partial charge in [0.15, 0.2) is 0 Å². The minimum atomic E-state index is 0.182. The summed E-state index contributed by atoms with van der Waals surface area (Å²) in [6.45, 7) is 0. The number of benzene rings is 2. The molecule has 3 aromatic rings. The summed E-state index contributed by atoms with van der Waals surface area (Å²) in [5.41, 5.74) is 1.12. The van der Waals surface area contributed by atoms with Gasteiger partial charge in [-0.3, -0.25) is 9.78 Å². The number of carbonyl (C=O) groups is 1. The Morgan fingerprint density at radius 3 is 2.46 bits per heavy atom. The summed E-state index contributed by atoms with van der Waals surface area (Å²) in [5.74, 6) is 1.13. The van der Waals surface area contributed by atoms with Crippen LogP contribution in [0.4, 0.5) is 0 Å². The number of piperidine rings is 1. The zero-order valence-electron chi connectivity index (χ0n) is 15.8. The van der Waals surface area contributed by atoms with Crippen LogP contribution in [-0.2, 0) is 11.2 Å². The van der Waals surface area contributed by atoms with Crippen LogP contribution < -0.4 is 4.74 Å². The minimum Gasteiger partial charge on any atom is -0.490 e. The Hall–Kier alpha value is -2.88. The van der Waals surface area contributed by atoms with Gasteiger partial charge in [0.05, 0.1) is 6.42 Å². The van der Waals surface area contributed by atoms with Crippen LogP contribution in [0.3, 0.4) is 0 Å². The lowest BCUT2D eigenvalue weighted by Gasteiger charge is -2.39. The van der Waals surface area contributed by atoms with E-state index in [1.54, 1.807) is 12.4 Å². The van der Waals surface area contributed by atoms with Gasteiger partial charge in [0.2, 0.25) is 5.91 Å². The summed E-state index contributed by atoms with van der Waals surface area (Å²) in [7, 11) is 0. The van der Waals surface area contributed by atoms with E-state index in [4.69, 9.17) is 4.74 Å². The number of fused-ring (bicyclic) bond motifs is 3. The molecule has 4 nitrogen and oxygen atoms in total. The van der Waals surface area contributed by atoms with Crippen LogP contribution in [0.1, 0.15) is 31.2 Å². The van der Waals surface area contributed by atoms with Gasteiger partial charge in [0.25, 0.3) is 0 Å². The molecule has 142 valence electrons. The highest BCUT2D eigenvalue weighted by Crippen LogP contribution is 2.38. The SMILES string of the molecule is O=C(Cc1cccc2ccccc12)N1C2CCC1CC(Oc1ccncc1)C2. The summed E-state index contributed by atoms with van der Waals surface area (Å²) in [6.07, 6.45) is 8.18. The van der Waals surface area contributed by atoms with Gasteiger partial charge in [-0.25, -0.2) is 0 Å². The third-order valence-corrected chi connectivity index (χ3v) is 6.15. The summed E-state index contributed by atoms with van der Waals surface area (Å²) < 4.78 is 6.16. The van der Waals surface area contributed by atoms with E-state index in [0.717, 1.165) is 37.0 Å². The Morgan fingerprint density at radius 2 is 1.68 bits per heavy atom. The molecule has 0 N–H and O–H groups in total. The van der Waals surface area contributed by atoms with Crippen molar-refractivity contribution in [2.75, 3.05) is 0 Å². The number of aromatic nitrogens is 1. The zero-order valence-corrected chi connectivity index (χ0v) is 15.8. The van der Waals surface area contributed by atoms with Crippen molar-refractivity contribution in [1.82, 2.24) is 9.88 Å². The predicted octanol–water partition coefficient (Wildman–Crippen LogP) is 4.38. The van der Waals surface area contributed by atoms with Crippen molar-refractivity contribution in [2.45, 2.75) is 50.3 Å². The van der Waals surface area contributed by atoms with Gasteiger partial charge < -0.3 is 9.64 Å². The molecule has 2 bridgehead atoms. The number of amides is 1. The number of rotatable bonds is 4. The number of hydrogen-bond acceptors (Lipinski definition) is 3. The van der Waals surface area contributed by atoms with Gasteiger partial charge in [-0.1, -0.05) is 42.5 Å². The van der Waals surface area contributed by atoms with Crippen molar-refractivity contribution < 1.29 is 9.53 Å². The second-order valence-electron chi connectivity index (χ2n) is 7.90. The molecular formula is C24H24N2O2. The quantitative estimate of drug-likeness (QED) is 0.683. The molecule has 0 radical (unpaired) electrons. The lowest BCUT2D eigenvalue weighted by atomic mass is 9.97. The highest BCUT2D eigenvalue weighted by atomic mass is 16.5. The van der Waals surface area contributed by atoms with Crippen LogP contribution in [0.5, 0.6) is 5.75 Å². The molecule has 2 atom stereocenters. The van der Waals surface area contributed by atoms with E-state index in [0.29, 0.717) is 18.5 Å². The van der Waals surface area contributed by atoms with Crippen molar-refractivity contribution in [3.8, 4) is 5.75 Å². The first kappa shape index (κ1) is 17.2. The van der Waals surface area contributed by atoms with Crippen molar-refractivity contribution in [3.05, 3.63) is 72.6 Å². The maximum absolute atomic E-state index is 13.2. The fourth-order valence-corrected chi connectivity index (χ4v) is 4.94. The highest BCUT2D eigenvalue weighted by Gasteiger charge is 2.43. The van der Waals surface area contributed by atoms with Crippen LogP contribution in [0, 0.1) is 0 Å². The second-order valence-corrected chi connectivity index (χ2v) is 7.90. The molecular weight excluding hydrogens is 348 g/mol. The topological polar surface area (TPSA) is 42.4 Å². The second kappa shape index (κ2) is 7.27. The van der Waals surface area contributed by atoms with E-state index in [-0.39, 0.29) is 12.0 Å². The molecule has 4 heteroatoms. The Labute approximate surface area is 165 Å². The number of hydrogen-bond donors (Lipinski definition) is 0. The molecule has 28 heavy (non-hydrogen) atoms. The molecule has 2 aromatic carbocycles. The van der Waals surface area contributed by atoms with E-state index in [1.807, 2.05) is 30.3 Å². The average Bonchev–Trinajstić information content (AvgIpc) is 3.00. The van der Waals surface area contributed by atoms with Crippen LogP contribution in [0.25, 0.3) is 10.8 Å². The summed E-state index contributed by atoms with van der Waals surface area (Å²) in [4.78, 5) is 19.4. The lowest BCUT2D eigenvalue weighted by molar-refractivity contribution is -0.136. The monoisotopic (exact) mass is 372 g/mol. The van der Waals surface area contributed by atoms with Crippen molar-refractivity contribution in [3.63, 3.8) is 0 Å². The smallest absolute Gasteiger partial charge is 0.227 e. The Morgan fingerprint density at radius 1 is 0.964 bits per heavy atom. The fourth-order valence-electron chi connectivity index (χ4n) is 4.94. The standard InChI is InChI=1S/C24H24N2O2/c27-24(14-18-6-3-5-17-4-1-2-7-23(17)18)26-19-8-9-20(26)16-22(15-19)28-21-10-12-25-13-11-21/h1-7,10-13,19-20,22H,8-9,14-16H2. The molecule has 0 aliphatic carbocycles. The molecule has 0 saturated carbocycles. The Kier molecular flexibility index (Phi) is 4.47. The molecule has 3 heterocycles. The average molecular weight is 372 g/mol. The first-order valence-corrected chi connectivity index (χ1v) is 10.1. The summed E-state index contributed by atoms with van der Waals surface area (Å²) in [6, 6.07) is 19.0. The lowest BCUT2D eigenvalue weighted by Crippen LogP contribution is -2.49.